The van der Waals surface area contributed by atoms with E-state index in [4.69, 9.17) is 0 Å². The van der Waals surface area contributed by atoms with Crippen molar-refractivity contribution in [2.24, 2.45) is 0 Å². The van der Waals surface area contributed by atoms with Crippen LogP contribution in [0.15, 0.2) is 35.2 Å². The molecule has 0 aromatic heterocycles. The first-order chi connectivity index (χ1) is 6.45. The van der Waals surface area contributed by atoms with Crippen molar-refractivity contribution in [3.8, 4) is 0 Å². The Morgan fingerprint density at radius 1 is 1.23 bits per heavy atom. The molecule has 0 amide bonds. The van der Waals surface area contributed by atoms with E-state index in [9.17, 15) is 0 Å². The lowest BCUT2D eigenvalue weighted by Gasteiger charge is -2.20. The Morgan fingerprint density at radius 3 is 2.77 bits per heavy atom. The molecule has 1 aromatic carbocycles. The molecule has 0 bridgehead atoms. The quantitative estimate of drug-likeness (QED) is 0.702. The molecule has 2 heteroatoms. The molecule has 1 nitrogen and oxygen atoms in total. The lowest BCUT2D eigenvalue weighted by molar-refractivity contribution is 0.522. The maximum absolute atomic E-state index is 4.43. The van der Waals surface area contributed by atoms with Crippen molar-refractivity contribution in [3.05, 3.63) is 30.3 Å². The van der Waals surface area contributed by atoms with Crippen molar-refractivity contribution in [2.75, 3.05) is 13.1 Å². The van der Waals surface area contributed by atoms with E-state index in [0.717, 1.165) is 18.3 Å². The highest BCUT2D eigenvalue weighted by Crippen LogP contribution is 2.26. The van der Waals surface area contributed by atoms with E-state index in [2.05, 4.69) is 35.6 Å². The molecule has 13 heavy (non-hydrogen) atoms. The van der Waals surface area contributed by atoms with Crippen molar-refractivity contribution >= 4 is 11.8 Å². The maximum atomic E-state index is 4.43. The summed E-state index contributed by atoms with van der Waals surface area (Å²) in [6.07, 6.45) is 2.59. The number of hydrogen-bond acceptors (Lipinski definition) is 1. The fraction of sp³-hybridized carbons (Fsp3) is 0.455. The first-order valence-corrected chi connectivity index (χ1v) is 5.68. The molecule has 69 valence electrons. The number of piperidine rings is 1. The van der Waals surface area contributed by atoms with Gasteiger partial charge >= 0.3 is 0 Å². The van der Waals surface area contributed by atoms with Gasteiger partial charge in [0, 0.05) is 23.2 Å². The highest BCUT2D eigenvalue weighted by atomic mass is 32.2. The van der Waals surface area contributed by atoms with Gasteiger partial charge in [-0.1, -0.05) is 18.2 Å². The number of thioether (sulfide) groups is 1. The molecule has 0 aliphatic carbocycles. The molecular formula is C11H14NS. The van der Waals surface area contributed by atoms with Gasteiger partial charge in [0.15, 0.2) is 0 Å². The molecule has 1 heterocycles. The first kappa shape index (κ1) is 9.10. The Kier molecular flexibility index (Phi) is 3.27. The van der Waals surface area contributed by atoms with Crippen LogP contribution < -0.4 is 5.32 Å². The lowest BCUT2D eigenvalue weighted by Crippen LogP contribution is -2.25. The maximum Gasteiger partial charge on any atom is 0.0256 e. The van der Waals surface area contributed by atoms with Crippen molar-refractivity contribution in [3.63, 3.8) is 0 Å². The van der Waals surface area contributed by atoms with Crippen LogP contribution in [0.5, 0.6) is 0 Å². The van der Waals surface area contributed by atoms with E-state index in [-0.39, 0.29) is 0 Å². The fourth-order valence-electron chi connectivity index (χ4n) is 1.55. The summed E-state index contributed by atoms with van der Waals surface area (Å²) >= 11 is 1.97. The highest BCUT2D eigenvalue weighted by Gasteiger charge is 2.14. The van der Waals surface area contributed by atoms with Crippen LogP contribution in [-0.2, 0) is 0 Å². The molecule has 2 rings (SSSR count). The summed E-state index contributed by atoms with van der Waals surface area (Å²) in [5.74, 6) is 0. The Bertz CT molecular complexity index is 242. The highest BCUT2D eigenvalue weighted by molar-refractivity contribution is 8.00. The summed E-state index contributed by atoms with van der Waals surface area (Å²) in [5, 5.41) is 5.15. The zero-order valence-corrected chi connectivity index (χ0v) is 8.46. The van der Waals surface area contributed by atoms with Crippen LogP contribution >= 0.6 is 11.8 Å². The summed E-state index contributed by atoms with van der Waals surface area (Å²) in [7, 11) is 0. The average molecular weight is 192 g/mol. The van der Waals surface area contributed by atoms with Gasteiger partial charge in [0.25, 0.3) is 0 Å². The van der Waals surface area contributed by atoms with Crippen molar-refractivity contribution in [2.45, 2.75) is 23.0 Å². The van der Waals surface area contributed by atoms with E-state index in [1.54, 1.807) is 0 Å². The molecule has 1 atom stereocenters. The molecule has 0 saturated carbocycles. The van der Waals surface area contributed by atoms with Gasteiger partial charge in [-0.25, -0.2) is 5.32 Å². The number of nitrogens with zero attached hydrogens (tertiary/aromatic N) is 1. The smallest absolute Gasteiger partial charge is 0.0256 e. The summed E-state index contributed by atoms with van der Waals surface area (Å²) in [6.45, 7) is 2.12. The van der Waals surface area contributed by atoms with Crippen LogP contribution in [-0.4, -0.2) is 18.3 Å². The number of rotatable bonds is 2. The normalized spacial score (nSPS) is 22.9. The van der Waals surface area contributed by atoms with Crippen molar-refractivity contribution in [1.29, 1.82) is 0 Å². The van der Waals surface area contributed by atoms with Gasteiger partial charge in [-0.05, 0) is 25.0 Å². The zero-order valence-electron chi connectivity index (χ0n) is 7.65. The third-order valence-corrected chi connectivity index (χ3v) is 3.48. The Morgan fingerprint density at radius 2 is 2.08 bits per heavy atom. The average Bonchev–Trinajstić information content (AvgIpc) is 2.21. The second kappa shape index (κ2) is 4.68. The van der Waals surface area contributed by atoms with Crippen molar-refractivity contribution in [1.82, 2.24) is 5.32 Å². The molecule has 1 aliphatic heterocycles. The molecule has 0 N–H and O–H groups in total. The molecule has 1 aromatic rings. The number of hydrogen-bond donors (Lipinski definition) is 0. The molecule has 1 unspecified atom stereocenters. The Hall–Kier alpha value is -0.470. The Balaban J connectivity index is 1.90. The van der Waals surface area contributed by atoms with Crippen LogP contribution in [0.2, 0.25) is 0 Å². The van der Waals surface area contributed by atoms with Crippen LogP contribution in [0.4, 0.5) is 0 Å². The van der Waals surface area contributed by atoms with Gasteiger partial charge in [-0.3, -0.25) is 0 Å². The summed E-state index contributed by atoms with van der Waals surface area (Å²) in [4.78, 5) is 1.38. The van der Waals surface area contributed by atoms with Gasteiger partial charge in [0.1, 0.15) is 0 Å². The van der Waals surface area contributed by atoms with Gasteiger partial charge in [-0.2, -0.15) is 0 Å². The van der Waals surface area contributed by atoms with Crippen LogP contribution in [0, 0.1) is 0 Å². The molecule has 1 fully saturated rings. The van der Waals surface area contributed by atoms with Crippen LogP contribution in [0.1, 0.15) is 12.8 Å². The van der Waals surface area contributed by atoms with Crippen LogP contribution in [0.25, 0.3) is 0 Å². The predicted octanol–water partition coefficient (Wildman–Crippen LogP) is 2.55. The third kappa shape index (κ3) is 2.75. The largest absolute Gasteiger partial charge is 0.241 e. The Labute approximate surface area is 83.9 Å². The van der Waals surface area contributed by atoms with Gasteiger partial charge < -0.3 is 0 Å². The van der Waals surface area contributed by atoms with E-state index in [0.29, 0.717) is 0 Å². The standard InChI is InChI=1S/C11H14NS/c1-2-5-10(6-3-1)13-11-7-4-8-12-9-11/h1-3,5-6,11H,4,7-9H2. The lowest BCUT2D eigenvalue weighted by atomic mass is 10.2. The van der Waals surface area contributed by atoms with E-state index in [1.165, 1.54) is 17.7 Å². The third-order valence-electron chi connectivity index (χ3n) is 2.22. The summed E-state index contributed by atoms with van der Waals surface area (Å²) in [6, 6.07) is 10.6. The molecule has 1 aliphatic rings. The minimum atomic E-state index is 0.719. The van der Waals surface area contributed by atoms with Gasteiger partial charge in [0.05, 0.1) is 0 Å². The fourth-order valence-corrected chi connectivity index (χ4v) is 2.71. The van der Waals surface area contributed by atoms with Crippen molar-refractivity contribution < 1.29 is 0 Å². The van der Waals surface area contributed by atoms with E-state index < -0.39 is 0 Å². The van der Waals surface area contributed by atoms with Gasteiger partial charge in [0.2, 0.25) is 0 Å². The zero-order chi connectivity index (χ0) is 8.93. The second-order valence-corrected chi connectivity index (χ2v) is 4.70. The second-order valence-electron chi connectivity index (χ2n) is 3.32. The summed E-state index contributed by atoms with van der Waals surface area (Å²) in [5.41, 5.74) is 0. The molecular weight excluding hydrogens is 178 g/mol. The minimum Gasteiger partial charge on any atom is -0.241 e. The molecule has 0 spiro atoms. The van der Waals surface area contributed by atoms with Crippen LogP contribution in [0.3, 0.4) is 0 Å². The predicted molar refractivity (Wildman–Crippen MR) is 57.2 cm³/mol. The molecule has 1 radical (unpaired) electrons. The van der Waals surface area contributed by atoms with E-state index in [1.807, 2.05) is 11.8 Å². The first-order valence-electron chi connectivity index (χ1n) is 4.80. The SMILES string of the molecule is c1ccc(SC2CCC[N]C2)cc1. The molecule has 1 saturated heterocycles. The van der Waals surface area contributed by atoms with Gasteiger partial charge in [-0.15, -0.1) is 11.8 Å². The monoisotopic (exact) mass is 192 g/mol. The topological polar surface area (TPSA) is 14.1 Å². The minimum absolute atomic E-state index is 0.719. The number of benzene rings is 1. The van der Waals surface area contributed by atoms with E-state index >= 15 is 0 Å². The summed E-state index contributed by atoms with van der Waals surface area (Å²) < 4.78 is 0.